The number of likely N-dealkylation sites (tertiary alicyclic amines) is 1. The molecule has 1 aliphatic rings. The van der Waals surface area contributed by atoms with E-state index in [9.17, 15) is 0 Å². The maximum Gasteiger partial charge on any atom is 0.0218 e. The first-order valence-electron chi connectivity index (χ1n) is 4.67. The van der Waals surface area contributed by atoms with Crippen LogP contribution in [0.15, 0.2) is 0 Å². The maximum atomic E-state index is 5.54. The van der Waals surface area contributed by atoms with Gasteiger partial charge in [-0.15, -0.1) is 0 Å². The minimum absolute atomic E-state index is 0.653. The molecule has 68 valence electrons. The zero-order valence-corrected chi connectivity index (χ0v) is 8.30. The standard InChI is InChI=1S/C7H16N2.C2H6/c1-6-3-4-7(5-8)9(6)2;1-2/h6-7H,3-5,8H2,1-2H3;1-2H3. The third-order valence-corrected chi connectivity index (χ3v) is 2.46. The summed E-state index contributed by atoms with van der Waals surface area (Å²) in [5, 5.41) is 0. The third-order valence-electron chi connectivity index (χ3n) is 2.46. The SMILES string of the molecule is CC.CC1CCC(CN)N1C. The van der Waals surface area contributed by atoms with Crippen LogP contribution < -0.4 is 5.73 Å². The predicted octanol–water partition coefficient (Wildman–Crippen LogP) is 1.45. The Morgan fingerprint density at radius 3 is 2.09 bits per heavy atom. The summed E-state index contributed by atoms with van der Waals surface area (Å²) in [5.74, 6) is 0. The average Bonchev–Trinajstić information content (AvgIpc) is 2.37. The molecule has 2 nitrogen and oxygen atoms in total. The fourth-order valence-corrected chi connectivity index (χ4v) is 1.48. The lowest BCUT2D eigenvalue weighted by molar-refractivity contribution is 0.258. The molecule has 0 aromatic rings. The van der Waals surface area contributed by atoms with Crippen molar-refractivity contribution in [3.8, 4) is 0 Å². The van der Waals surface area contributed by atoms with Crippen LogP contribution in [0.3, 0.4) is 0 Å². The van der Waals surface area contributed by atoms with Crippen LogP contribution in [0.1, 0.15) is 33.6 Å². The highest BCUT2D eigenvalue weighted by Crippen LogP contribution is 2.20. The van der Waals surface area contributed by atoms with Gasteiger partial charge in [-0.2, -0.15) is 0 Å². The summed E-state index contributed by atoms with van der Waals surface area (Å²) >= 11 is 0. The van der Waals surface area contributed by atoms with Crippen LogP contribution in [0.4, 0.5) is 0 Å². The lowest BCUT2D eigenvalue weighted by Gasteiger charge is -2.21. The van der Waals surface area contributed by atoms with E-state index in [4.69, 9.17) is 5.73 Å². The molecule has 1 aliphatic heterocycles. The van der Waals surface area contributed by atoms with Crippen molar-refractivity contribution < 1.29 is 0 Å². The molecule has 2 atom stereocenters. The molecule has 0 aromatic heterocycles. The maximum absolute atomic E-state index is 5.54. The summed E-state index contributed by atoms with van der Waals surface area (Å²) in [6, 6.07) is 1.40. The van der Waals surface area contributed by atoms with Gasteiger partial charge in [0.15, 0.2) is 0 Å². The molecule has 0 spiro atoms. The summed E-state index contributed by atoms with van der Waals surface area (Å²) in [6.07, 6.45) is 2.60. The van der Waals surface area contributed by atoms with E-state index in [0.717, 1.165) is 12.6 Å². The molecule has 2 heteroatoms. The highest BCUT2D eigenvalue weighted by atomic mass is 15.2. The normalized spacial score (nSPS) is 31.4. The Labute approximate surface area is 70.8 Å². The van der Waals surface area contributed by atoms with Crippen LogP contribution in [0, 0.1) is 0 Å². The van der Waals surface area contributed by atoms with Gasteiger partial charge in [0.25, 0.3) is 0 Å². The molecular weight excluding hydrogens is 136 g/mol. The Kier molecular flexibility index (Phi) is 5.51. The molecule has 0 radical (unpaired) electrons. The van der Waals surface area contributed by atoms with E-state index >= 15 is 0 Å². The zero-order valence-electron chi connectivity index (χ0n) is 8.30. The summed E-state index contributed by atoms with van der Waals surface area (Å²) in [5.41, 5.74) is 5.54. The molecule has 1 saturated heterocycles. The molecule has 1 fully saturated rings. The van der Waals surface area contributed by atoms with Crippen molar-refractivity contribution in [2.24, 2.45) is 5.73 Å². The van der Waals surface area contributed by atoms with Gasteiger partial charge >= 0.3 is 0 Å². The molecule has 0 aromatic carbocycles. The van der Waals surface area contributed by atoms with E-state index in [-0.39, 0.29) is 0 Å². The average molecular weight is 158 g/mol. The van der Waals surface area contributed by atoms with Gasteiger partial charge in [-0.3, -0.25) is 4.90 Å². The van der Waals surface area contributed by atoms with Gasteiger partial charge in [0, 0.05) is 18.6 Å². The summed E-state index contributed by atoms with van der Waals surface area (Å²) < 4.78 is 0. The van der Waals surface area contributed by atoms with Crippen molar-refractivity contribution in [2.75, 3.05) is 13.6 Å². The Morgan fingerprint density at radius 1 is 1.36 bits per heavy atom. The van der Waals surface area contributed by atoms with Crippen LogP contribution in [0.5, 0.6) is 0 Å². The van der Waals surface area contributed by atoms with Gasteiger partial charge in [-0.25, -0.2) is 0 Å². The van der Waals surface area contributed by atoms with Crippen molar-refractivity contribution in [3.63, 3.8) is 0 Å². The van der Waals surface area contributed by atoms with E-state index in [2.05, 4.69) is 18.9 Å². The Balaban J connectivity index is 0.000000461. The highest BCUT2D eigenvalue weighted by molar-refractivity contribution is 4.82. The van der Waals surface area contributed by atoms with E-state index in [0.29, 0.717) is 6.04 Å². The Bertz CT molecular complexity index is 93.6. The summed E-state index contributed by atoms with van der Waals surface area (Å²) in [7, 11) is 2.16. The number of rotatable bonds is 1. The van der Waals surface area contributed by atoms with Gasteiger partial charge in [0.1, 0.15) is 0 Å². The largest absolute Gasteiger partial charge is 0.329 e. The van der Waals surface area contributed by atoms with Gasteiger partial charge in [-0.1, -0.05) is 13.8 Å². The third kappa shape index (κ3) is 2.80. The van der Waals surface area contributed by atoms with Crippen LogP contribution in [-0.2, 0) is 0 Å². The number of likely N-dealkylation sites (N-methyl/N-ethyl adjacent to an activating group) is 1. The summed E-state index contributed by atoms with van der Waals surface area (Å²) in [6.45, 7) is 7.08. The number of nitrogens with two attached hydrogens (primary N) is 1. The van der Waals surface area contributed by atoms with E-state index in [1.165, 1.54) is 12.8 Å². The van der Waals surface area contributed by atoms with Crippen LogP contribution in [0.2, 0.25) is 0 Å². The minimum atomic E-state index is 0.653. The second-order valence-electron chi connectivity index (χ2n) is 2.98. The molecule has 2 N–H and O–H groups in total. The number of hydrogen-bond donors (Lipinski definition) is 1. The van der Waals surface area contributed by atoms with Crippen molar-refractivity contribution in [1.82, 2.24) is 4.90 Å². The van der Waals surface area contributed by atoms with Gasteiger partial charge in [0.2, 0.25) is 0 Å². The first-order chi connectivity index (χ1) is 5.25. The van der Waals surface area contributed by atoms with E-state index < -0.39 is 0 Å². The Morgan fingerprint density at radius 2 is 1.91 bits per heavy atom. The lowest BCUT2D eigenvalue weighted by atomic mass is 10.2. The molecular formula is C9H22N2. The van der Waals surface area contributed by atoms with Crippen molar-refractivity contribution >= 4 is 0 Å². The van der Waals surface area contributed by atoms with Crippen LogP contribution in [-0.4, -0.2) is 30.6 Å². The molecule has 0 amide bonds. The number of hydrogen-bond acceptors (Lipinski definition) is 2. The molecule has 2 unspecified atom stereocenters. The van der Waals surface area contributed by atoms with Crippen LogP contribution in [0.25, 0.3) is 0 Å². The van der Waals surface area contributed by atoms with Crippen molar-refractivity contribution in [1.29, 1.82) is 0 Å². The molecule has 11 heavy (non-hydrogen) atoms. The molecule has 1 heterocycles. The van der Waals surface area contributed by atoms with Crippen molar-refractivity contribution in [3.05, 3.63) is 0 Å². The molecule has 0 bridgehead atoms. The van der Waals surface area contributed by atoms with Crippen LogP contribution >= 0.6 is 0 Å². The molecule has 0 aliphatic carbocycles. The van der Waals surface area contributed by atoms with Gasteiger partial charge in [-0.05, 0) is 26.8 Å². The van der Waals surface area contributed by atoms with Gasteiger partial charge < -0.3 is 5.73 Å². The smallest absolute Gasteiger partial charge is 0.0218 e. The first kappa shape index (κ1) is 10.9. The second-order valence-corrected chi connectivity index (χ2v) is 2.98. The van der Waals surface area contributed by atoms with E-state index in [1.807, 2.05) is 13.8 Å². The number of nitrogens with zero attached hydrogens (tertiary/aromatic N) is 1. The van der Waals surface area contributed by atoms with Gasteiger partial charge in [0.05, 0.1) is 0 Å². The predicted molar refractivity (Wildman–Crippen MR) is 50.6 cm³/mol. The minimum Gasteiger partial charge on any atom is -0.329 e. The van der Waals surface area contributed by atoms with E-state index in [1.54, 1.807) is 0 Å². The fraction of sp³-hybridized carbons (Fsp3) is 1.00. The summed E-state index contributed by atoms with van der Waals surface area (Å²) in [4.78, 5) is 2.38. The highest BCUT2D eigenvalue weighted by Gasteiger charge is 2.25. The second kappa shape index (κ2) is 5.56. The Hall–Kier alpha value is -0.0800. The topological polar surface area (TPSA) is 29.3 Å². The fourth-order valence-electron chi connectivity index (χ4n) is 1.48. The molecule has 1 rings (SSSR count). The monoisotopic (exact) mass is 158 g/mol. The quantitative estimate of drug-likeness (QED) is 0.626. The first-order valence-corrected chi connectivity index (χ1v) is 4.67. The van der Waals surface area contributed by atoms with Crippen molar-refractivity contribution in [2.45, 2.75) is 45.7 Å². The molecule has 0 saturated carbocycles. The lowest BCUT2D eigenvalue weighted by Crippen LogP contribution is -2.35. The zero-order chi connectivity index (χ0) is 8.85.